The van der Waals surface area contributed by atoms with E-state index in [1.165, 1.54) is 28.9 Å². The molecule has 0 aliphatic rings. The van der Waals surface area contributed by atoms with Crippen molar-refractivity contribution in [3.05, 3.63) is 68.0 Å². The molecule has 10 heteroatoms. The fraction of sp³-hybridized carbons (Fsp3) is 0.118. The van der Waals surface area contributed by atoms with E-state index >= 15 is 0 Å². The molecular weight excluding hydrogens is 673 g/mol. The zero-order valence-electron chi connectivity index (χ0n) is 15.1. The van der Waals surface area contributed by atoms with E-state index in [0.717, 1.165) is 5.56 Å². The third-order valence-corrected chi connectivity index (χ3v) is 2.17. The summed E-state index contributed by atoms with van der Waals surface area (Å²) in [4.78, 5) is 20.9. The maximum Gasteiger partial charge on any atom is 4.00 e. The summed E-state index contributed by atoms with van der Waals surface area (Å²) in [5.74, 6) is -1.21. The maximum absolute atomic E-state index is 10.7. The number of alkyl halides is 1. The van der Waals surface area contributed by atoms with Gasteiger partial charge in [-0.1, -0.05) is 40.2 Å². The van der Waals surface area contributed by atoms with E-state index in [1.54, 1.807) is 6.20 Å². The van der Waals surface area contributed by atoms with E-state index in [4.69, 9.17) is 10.7 Å². The van der Waals surface area contributed by atoms with Gasteiger partial charge in [-0.05, 0) is 41.7 Å². The van der Waals surface area contributed by atoms with Crippen LogP contribution in [0.2, 0.25) is 0 Å². The van der Waals surface area contributed by atoms with Gasteiger partial charge in [0.15, 0.2) is 0 Å². The van der Waals surface area contributed by atoms with Gasteiger partial charge >= 0.3 is 19.8 Å². The second-order valence-electron chi connectivity index (χ2n) is 3.62. The van der Waals surface area contributed by atoms with Crippen molar-refractivity contribution in [2.45, 2.75) is 6.92 Å². The fourth-order valence-electron chi connectivity index (χ4n) is 1.37. The molecule has 0 fully saturated rings. The number of aromatic nitrogens is 2. The Kier molecular flexibility index (Phi) is 33.4. The Morgan fingerprint density at radius 3 is 1.96 bits per heavy atom. The van der Waals surface area contributed by atoms with Crippen molar-refractivity contribution in [1.29, 1.82) is 5.26 Å². The average Bonchev–Trinajstić information content (AvgIpc) is 2.58. The number of hydrogen-bond donors (Lipinski definition) is 0. The first kappa shape index (κ1) is 36.5. The van der Waals surface area contributed by atoms with Gasteiger partial charge in [-0.3, -0.25) is 9.97 Å². The summed E-state index contributed by atoms with van der Waals surface area (Å²) in [5.41, 5.74) is 2.34. The molecule has 0 radical (unpaired) electrons. The Labute approximate surface area is 199 Å². The minimum atomic E-state index is -1.21. The zero-order valence-corrected chi connectivity index (χ0v) is 21.4. The third-order valence-electron chi connectivity index (χ3n) is 2.17. The van der Waals surface area contributed by atoms with Crippen LogP contribution < -0.4 is 5.11 Å². The molecule has 0 N–H and O–H groups in total. The van der Waals surface area contributed by atoms with E-state index in [1.807, 2.05) is 24.0 Å². The minimum Gasteiger partial charge on any atom is -0.753 e. The Hall–Kier alpha value is -1.35. The first-order valence-corrected chi connectivity index (χ1v) is 8.98. The number of carboxylic acids is 1. The first-order valence-electron chi connectivity index (χ1n) is 6.00. The number of thiocyanates is 1. The van der Waals surface area contributed by atoms with Crippen LogP contribution in [0.15, 0.2) is 36.7 Å². The van der Waals surface area contributed by atoms with Crippen molar-refractivity contribution in [3.8, 4) is 16.8 Å². The number of pyridine rings is 2. The number of aromatic carboxylic acids is 1. The molecule has 146 valence electrons. The number of isothiocyanates is 1. The molecule has 0 atom stereocenters. The van der Waals surface area contributed by atoms with Crippen molar-refractivity contribution >= 4 is 58.6 Å². The largest absolute Gasteiger partial charge is 4.00 e. The summed E-state index contributed by atoms with van der Waals surface area (Å²) in [6.45, 7) is 1.94. The molecule has 2 aromatic heterocycles. The standard InChI is InChI=1S/C12H10N2O2.CH3I.CHNS.CNS.2CH3.Os/c1-8-2-4-13-10(6-8)11-7-9(12(15)16)3-5-14-11;1-2;2*2-1-3;;;/h2-7H,1H3,(H,15,16);1H3;3H;;2*1H3;/q;;;3*-1;+4/p-2. The van der Waals surface area contributed by atoms with Crippen LogP contribution in [0.25, 0.3) is 16.8 Å². The number of thiocarbonyl (C=S) groups is 1. The summed E-state index contributed by atoms with van der Waals surface area (Å²) in [6.07, 6.45) is 3.10. The topological polar surface area (TPSA) is 112 Å². The minimum absolute atomic E-state index is 0. The number of carbonyl (C=O) groups excluding carboxylic acids is 1. The number of nitriles is 1. The second kappa shape index (κ2) is 24.6. The number of carboxylic acid groups (broad SMARTS) is 1. The number of hydrogen-bond acceptors (Lipinski definition) is 7. The summed E-state index contributed by atoms with van der Waals surface area (Å²) in [5, 5.41) is 27.6. The average molecular weight is 692 g/mol. The predicted molar refractivity (Wildman–Crippen MR) is 118 cm³/mol. The number of carbonyl (C=O) groups is 1. The van der Waals surface area contributed by atoms with Crippen molar-refractivity contribution in [1.82, 2.24) is 9.97 Å². The smallest absolute Gasteiger partial charge is 0.753 e. The van der Waals surface area contributed by atoms with Crippen molar-refractivity contribution in [2.75, 3.05) is 4.93 Å². The third kappa shape index (κ3) is 17.8. The molecule has 0 saturated carbocycles. The maximum atomic E-state index is 10.7. The number of aryl methyl sites for hydroxylation is 1. The van der Waals surface area contributed by atoms with Crippen molar-refractivity contribution in [2.24, 2.45) is 0 Å². The monoisotopic (exact) mass is 693 g/mol. The summed E-state index contributed by atoms with van der Waals surface area (Å²) >= 11 is 9.55. The Morgan fingerprint density at radius 2 is 1.59 bits per heavy atom. The van der Waals surface area contributed by atoms with Gasteiger partial charge in [0.1, 0.15) is 0 Å². The molecular formula is C17H18IN4O2OsS2-. The van der Waals surface area contributed by atoms with Gasteiger partial charge in [-0.25, -0.2) is 5.26 Å². The van der Waals surface area contributed by atoms with E-state index in [2.05, 4.69) is 57.4 Å². The van der Waals surface area contributed by atoms with Crippen molar-refractivity contribution in [3.63, 3.8) is 0 Å². The van der Waals surface area contributed by atoms with Gasteiger partial charge in [0.25, 0.3) is 0 Å². The Morgan fingerprint density at radius 1 is 1.22 bits per heavy atom. The van der Waals surface area contributed by atoms with Crippen LogP contribution in [0.5, 0.6) is 0 Å². The summed E-state index contributed by atoms with van der Waals surface area (Å²) < 4.78 is 0. The number of rotatable bonds is 2. The van der Waals surface area contributed by atoms with Gasteiger partial charge in [0.2, 0.25) is 0 Å². The molecule has 0 unspecified atom stereocenters. The van der Waals surface area contributed by atoms with Crippen LogP contribution in [0.4, 0.5) is 0 Å². The molecule has 0 saturated heterocycles. The van der Waals surface area contributed by atoms with Crippen LogP contribution in [0, 0.1) is 32.4 Å². The van der Waals surface area contributed by atoms with E-state index in [9.17, 15) is 9.90 Å². The van der Waals surface area contributed by atoms with Gasteiger partial charge in [0, 0.05) is 18.0 Å². The van der Waals surface area contributed by atoms with Crippen molar-refractivity contribution < 1.29 is 29.7 Å². The Balaban J connectivity index is -0.000000128. The van der Waals surface area contributed by atoms with Crippen LogP contribution in [0.1, 0.15) is 15.9 Å². The quantitative estimate of drug-likeness (QED) is 0.0903. The van der Waals surface area contributed by atoms with Crippen LogP contribution in [-0.4, -0.2) is 26.0 Å². The summed E-state index contributed by atoms with van der Waals surface area (Å²) in [7, 11) is 0. The van der Waals surface area contributed by atoms with E-state index in [0.29, 0.717) is 11.4 Å². The molecule has 2 heterocycles. The van der Waals surface area contributed by atoms with Gasteiger partial charge < -0.3 is 42.8 Å². The molecule has 6 nitrogen and oxygen atoms in total. The molecule has 2 rings (SSSR count). The van der Waals surface area contributed by atoms with Gasteiger partial charge in [-0.15, -0.1) is 0 Å². The molecule has 0 aliphatic carbocycles. The molecule has 0 amide bonds. The van der Waals surface area contributed by atoms with E-state index < -0.39 is 5.97 Å². The van der Waals surface area contributed by atoms with Crippen LogP contribution >= 0.6 is 34.8 Å². The molecule has 0 spiro atoms. The molecule has 27 heavy (non-hydrogen) atoms. The molecule has 0 aromatic carbocycles. The fourth-order valence-corrected chi connectivity index (χ4v) is 1.37. The summed E-state index contributed by atoms with van der Waals surface area (Å²) in [6, 6.07) is 6.57. The molecule has 2 aromatic rings. The Bertz CT molecular complexity index is 722. The van der Waals surface area contributed by atoms with Gasteiger partial charge in [0.05, 0.1) is 17.4 Å². The van der Waals surface area contributed by atoms with E-state index in [-0.39, 0.29) is 40.2 Å². The number of halogens is 1. The first-order chi connectivity index (χ1) is 11.5. The number of nitrogens with zero attached hydrogens (tertiary/aromatic N) is 4. The molecule has 0 aliphatic heterocycles. The second-order valence-corrected chi connectivity index (χ2v) is 3.98. The SMILES string of the molecule is CI.Cc1ccnc(-c2cc(C(=O)[O-])ccn2)c1.N#C[S-].[CH3-].[CH3-].[N-]=C=S.[Os+4]. The zero-order chi connectivity index (χ0) is 19.0. The van der Waals surface area contributed by atoms with Crippen LogP contribution in [0.3, 0.4) is 0 Å². The normalized spacial score (nSPS) is 6.74. The predicted octanol–water partition coefficient (Wildman–Crippen LogP) is 3.44. The van der Waals surface area contributed by atoms with Crippen LogP contribution in [-0.2, 0) is 32.4 Å². The molecule has 0 bridgehead atoms. The van der Waals surface area contributed by atoms with Gasteiger partial charge in [-0.2, -0.15) is 5.16 Å².